The molecule has 4 heteroatoms. The van der Waals surface area contributed by atoms with Gasteiger partial charge in [-0.05, 0) is 43.0 Å². The molecule has 1 atom stereocenters. The van der Waals surface area contributed by atoms with Gasteiger partial charge in [-0.15, -0.1) is 0 Å². The number of ether oxygens (including phenoxy) is 1. The summed E-state index contributed by atoms with van der Waals surface area (Å²) in [6, 6.07) is 6.07. The Morgan fingerprint density at radius 1 is 1.44 bits per heavy atom. The van der Waals surface area contributed by atoms with Gasteiger partial charge in [0.1, 0.15) is 17.5 Å². The van der Waals surface area contributed by atoms with Crippen LogP contribution in [0.5, 0.6) is 5.75 Å². The molecule has 2 aliphatic rings. The van der Waals surface area contributed by atoms with Crippen molar-refractivity contribution in [2.24, 2.45) is 0 Å². The van der Waals surface area contributed by atoms with Crippen LogP contribution in [0.1, 0.15) is 30.1 Å². The monoisotopic (exact) mass is 246 g/mol. The molecule has 1 aromatic carbocycles. The van der Waals surface area contributed by atoms with Crippen molar-refractivity contribution in [1.29, 1.82) is 0 Å². The van der Waals surface area contributed by atoms with E-state index in [1.165, 1.54) is 0 Å². The summed E-state index contributed by atoms with van der Waals surface area (Å²) in [5.74, 6) is 1.10. The van der Waals surface area contributed by atoms with Gasteiger partial charge >= 0.3 is 0 Å². The average Bonchev–Trinajstić information content (AvgIpc) is 3.10. The molecule has 2 fully saturated rings. The molecule has 1 heterocycles. The van der Waals surface area contributed by atoms with Crippen LogP contribution in [0.15, 0.2) is 18.2 Å². The van der Waals surface area contributed by atoms with E-state index in [4.69, 9.17) is 4.74 Å². The van der Waals surface area contributed by atoms with Gasteiger partial charge in [0.2, 0.25) is 5.91 Å². The van der Waals surface area contributed by atoms with Crippen LogP contribution in [-0.2, 0) is 4.79 Å². The van der Waals surface area contributed by atoms with Crippen LogP contribution in [0.25, 0.3) is 0 Å². The Labute approximate surface area is 107 Å². The van der Waals surface area contributed by atoms with Gasteiger partial charge in [-0.25, -0.2) is 0 Å². The highest BCUT2D eigenvalue weighted by atomic mass is 16.5. The van der Waals surface area contributed by atoms with Crippen molar-refractivity contribution in [1.82, 2.24) is 10.2 Å². The molecule has 18 heavy (non-hydrogen) atoms. The van der Waals surface area contributed by atoms with E-state index < -0.39 is 0 Å². The molecule has 1 unspecified atom stereocenters. The van der Waals surface area contributed by atoms with Crippen molar-refractivity contribution in [2.75, 3.05) is 14.2 Å². The summed E-state index contributed by atoms with van der Waals surface area (Å²) in [5, 5.41) is 3.46. The number of aryl methyl sites for hydroxylation is 1. The minimum absolute atomic E-state index is 0.00962. The van der Waals surface area contributed by atoms with Crippen molar-refractivity contribution in [2.45, 2.75) is 31.5 Å². The zero-order valence-electron chi connectivity index (χ0n) is 11.0. The number of rotatable bonds is 2. The number of carbonyl (C=O) groups is 1. The molecule has 1 saturated heterocycles. The molecule has 1 aromatic rings. The lowest BCUT2D eigenvalue weighted by Gasteiger charge is -2.20. The van der Waals surface area contributed by atoms with Crippen LogP contribution in [0, 0.1) is 6.92 Å². The summed E-state index contributed by atoms with van der Waals surface area (Å²) in [6.07, 6.45) is 1.91. The number of likely N-dealkylation sites (N-methyl/N-ethyl adjacent to an activating group) is 1. The zero-order valence-corrected chi connectivity index (χ0v) is 11.0. The van der Waals surface area contributed by atoms with E-state index in [9.17, 15) is 4.79 Å². The first kappa shape index (κ1) is 11.5. The molecular formula is C14H18N2O2. The van der Waals surface area contributed by atoms with Gasteiger partial charge in [0.25, 0.3) is 0 Å². The molecule has 4 nitrogen and oxygen atoms in total. The highest BCUT2D eigenvalue weighted by Gasteiger charge is 2.58. The molecule has 0 aromatic heterocycles. The van der Waals surface area contributed by atoms with Gasteiger partial charge in [-0.2, -0.15) is 0 Å². The normalized spacial score (nSPS) is 24.7. The van der Waals surface area contributed by atoms with E-state index in [1.54, 1.807) is 7.11 Å². The van der Waals surface area contributed by atoms with E-state index in [-0.39, 0.29) is 17.6 Å². The molecule has 1 aliphatic carbocycles. The third-order valence-electron chi connectivity index (χ3n) is 4.01. The molecular weight excluding hydrogens is 228 g/mol. The predicted octanol–water partition coefficient (Wildman–Crippen LogP) is 1.60. The Kier molecular flexibility index (Phi) is 2.38. The Balaban J connectivity index is 1.91. The second-order valence-corrected chi connectivity index (χ2v) is 5.27. The fraction of sp³-hybridized carbons (Fsp3) is 0.500. The number of hydrogen-bond donors (Lipinski definition) is 1. The number of nitrogens with zero attached hydrogens (tertiary/aromatic N) is 1. The first-order chi connectivity index (χ1) is 8.57. The predicted molar refractivity (Wildman–Crippen MR) is 68.3 cm³/mol. The molecule has 0 radical (unpaired) electrons. The Morgan fingerprint density at radius 3 is 2.67 bits per heavy atom. The third kappa shape index (κ3) is 1.52. The molecule has 1 saturated carbocycles. The molecule has 1 amide bonds. The number of benzene rings is 1. The number of nitrogens with one attached hydrogen (secondary N) is 1. The van der Waals surface area contributed by atoms with E-state index in [0.29, 0.717) is 0 Å². The second kappa shape index (κ2) is 3.72. The van der Waals surface area contributed by atoms with Crippen LogP contribution < -0.4 is 10.1 Å². The van der Waals surface area contributed by atoms with Crippen molar-refractivity contribution in [3.05, 3.63) is 29.3 Å². The summed E-state index contributed by atoms with van der Waals surface area (Å²) in [5.41, 5.74) is 1.95. The third-order valence-corrected chi connectivity index (χ3v) is 4.01. The van der Waals surface area contributed by atoms with Crippen molar-refractivity contribution < 1.29 is 9.53 Å². The fourth-order valence-electron chi connectivity index (χ4n) is 2.74. The van der Waals surface area contributed by atoms with E-state index in [2.05, 4.69) is 11.4 Å². The second-order valence-electron chi connectivity index (χ2n) is 5.27. The highest BCUT2D eigenvalue weighted by molar-refractivity contribution is 5.91. The first-order valence-electron chi connectivity index (χ1n) is 6.27. The average molecular weight is 246 g/mol. The maximum absolute atomic E-state index is 12.1. The molecule has 3 rings (SSSR count). The smallest absolute Gasteiger partial charge is 0.244 e. The van der Waals surface area contributed by atoms with Gasteiger partial charge in [0.15, 0.2) is 0 Å². The highest BCUT2D eigenvalue weighted by Crippen LogP contribution is 2.45. The van der Waals surface area contributed by atoms with Crippen LogP contribution in [0.4, 0.5) is 0 Å². The zero-order chi connectivity index (χ0) is 12.9. The molecule has 96 valence electrons. The summed E-state index contributed by atoms with van der Waals surface area (Å²) >= 11 is 0. The van der Waals surface area contributed by atoms with Crippen LogP contribution in [0.3, 0.4) is 0 Å². The number of carbonyl (C=O) groups excluding carboxylic acids is 1. The largest absolute Gasteiger partial charge is 0.496 e. The van der Waals surface area contributed by atoms with Crippen LogP contribution in [0.2, 0.25) is 0 Å². The number of amides is 1. The van der Waals surface area contributed by atoms with Gasteiger partial charge in [0.05, 0.1) is 7.11 Å². The molecule has 1 N–H and O–H groups in total. The maximum Gasteiger partial charge on any atom is 0.244 e. The SMILES string of the molecule is COc1ccc(C2NC3(CC3)C(=O)N2C)cc1C. The van der Waals surface area contributed by atoms with Gasteiger partial charge < -0.3 is 9.64 Å². The van der Waals surface area contributed by atoms with Crippen LogP contribution in [-0.4, -0.2) is 30.5 Å². The lowest BCUT2D eigenvalue weighted by Crippen LogP contribution is -2.30. The summed E-state index contributed by atoms with van der Waals surface area (Å²) < 4.78 is 5.26. The summed E-state index contributed by atoms with van der Waals surface area (Å²) in [6.45, 7) is 2.02. The van der Waals surface area contributed by atoms with Gasteiger partial charge in [-0.3, -0.25) is 10.1 Å². The standard InChI is InChI=1S/C14H18N2O2/c1-9-8-10(4-5-11(9)18-3)12-15-14(6-7-14)13(17)16(12)2/h4-5,8,12,15H,6-7H2,1-3H3. The fourth-order valence-corrected chi connectivity index (χ4v) is 2.74. The Morgan fingerprint density at radius 2 is 2.17 bits per heavy atom. The van der Waals surface area contributed by atoms with Crippen molar-refractivity contribution in [3.63, 3.8) is 0 Å². The van der Waals surface area contributed by atoms with E-state index >= 15 is 0 Å². The first-order valence-corrected chi connectivity index (χ1v) is 6.27. The topological polar surface area (TPSA) is 41.6 Å². The Hall–Kier alpha value is -1.55. The van der Waals surface area contributed by atoms with Gasteiger partial charge in [0, 0.05) is 7.05 Å². The van der Waals surface area contributed by atoms with Crippen LogP contribution >= 0.6 is 0 Å². The lowest BCUT2D eigenvalue weighted by atomic mass is 10.1. The molecule has 1 spiro atoms. The summed E-state index contributed by atoms with van der Waals surface area (Å²) in [4.78, 5) is 13.9. The summed E-state index contributed by atoms with van der Waals surface area (Å²) in [7, 11) is 3.54. The van der Waals surface area contributed by atoms with E-state index in [0.717, 1.165) is 29.7 Å². The van der Waals surface area contributed by atoms with E-state index in [1.807, 2.05) is 31.0 Å². The minimum atomic E-state index is -0.257. The van der Waals surface area contributed by atoms with Crippen molar-refractivity contribution in [3.8, 4) is 5.75 Å². The molecule has 0 bridgehead atoms. The Bertz CT molecular complexity index is 509. The number of methoxy groups -OCH3 is 1. The quantitative estimate of drug-likeness (QED) is 0.861. The lowest BCUT2D eigenvalue weighted by molar-refractivity contribution is -0.129. The minimum Gasteiger partial charge on any atom is -0.496 e. The number of hydrogen-bond acceptors (Lipinski definition) is 3. The van der Waals surface area contributed by atoms with Gasteiger partial charge in [-0.1, -0.05) is 6.07 Å². The maximum atomic E-state index is 12.1. The van der Waals surface area contributed by atoms with Crippen molar-refractivity contribution >= 4 is 5.91 Å². The molecule has 1 aliphatic heterocycles.